The lowest BCUT2D eigenvalue weighted by Crippen LogP contribution is -2.30. The second kappa shape index (κ2) is 4.37. The van der Waals surface area contributed by atoms with Crippen LogP contribution in [0, 0.1) is 5.82 Å². The number of rotatable bonds is 1. The number of aryl methyl sites for hydroxylation is 1. The first kappa shape index (κ1) is 11.7. The average Bonchev–Trinajstić information content (AvgIpc) is 2.75. The number of imidazole rings is 1. The lowest BCUT2D eigenvalue weighted by atomic mass is 10.0. The summed E-state index contributed by atoms with van der Waals surface area (Å²) in [6.45, 7) is 0.839. The zero-order chi connectivity index (χ0) is 12.7. The van der Waals surface area contributed by atoms with E-state index in [1.165, 1.54) is 12.1 Å². The van der Waals surface area contributed by atoms with Gasteiger partial charge in [-0.25, -0.2) is 9.37 Å². The van der Waals surface area contributed by atoms with Crippen LogP contribution in [-0.4, -0.2) is 15.6 Å². The number of hydrogen-bond acceptors (Lipinski definition) is 2. The monoisotopic (exact) mass is 265 g/mol. The van der Waals surface area contributed by atoms with Crippen molar-refractivity contribution in [1.29, 1.82) is 0 Å². The highest BCUT2D eigenvalue weighted by molar-refractivity contribution is 6.30. The van der Waals surface area contributed by atoms with E-state index < -0.39 is 0 Å². The summed E-state index contributed by atoms with van der Waals surface area (Å²) in [6, 6.07) is 4.64. The topological polar surface area (TPSA) is 43.8 Å². The summed E-state index contributed by atoms with van der Waals surface area (Å²) in [4.78, 5) is 4.31. The van der Waals surface area contributed by atoms with Crippen LogP contribution < -0.4 is 5.73 Å². The molecular weight excluding hydrogens is 253 g/mol. The average molecular weight is 266 g/mol. The van der Waals surface area contributed by atoms with Crippen molar-refractivity contribution in [3.63, 3.8) is 0 Å². The highest BCUT2D eigenvalue weighted by atomic mass is 35.5. The molecule has 3 rings (SSSR count). The Balaban J connectivity index is 2.12. The maximum Gasteiger partial charge on any atom is 0.132 e. The molecular formula is C13H13ClFN3. The van der Waals surface area contributed by atoms with Gasteiger partial charge in [0.2, 0.25) is 0 Å². The summed E-state index contributed by atoms with van der Waals surface area (Å²) in [5, 5.41) is 0.508. The minimum Gasteiger partial charge on any atom is -0.334 e. The van der Waals surface area contributed by atoms with Crippen molar-refractivity contribution in [2.75, 3.05) is 0 Å². The van der Waals surface area contributed by atoms with Crippen LogP contribution in [0.4, 0.5) is 4.39 Å². The lowest BCUT2D eigenvalue weighted by molar-refractivity contribution is 0.472. The van der Waals surface area contributed by atoms with Crippen molar-refractivity contribution in [3.05, 3.63) is 41.1 Å². The van der Waals surface area contributed by atoms with Crippen LogP contribution in [0.5, 0.6) is 0 Å². The molecule has 1 atom stereocenters. The summed E-state index contributed by atoms with van der Waals surface area (Å²) in [6.07, 6.45) is 3.40. The van der Waals surface area contributed by atoms with Gasteiger partial charge in [-0.05, 0) is 24.6 Å². The fourth-order valence-corrected chi connectivity index (χ4v) is 2.55. The Morgan fingerprint density at radius 3 is 3.11 bits per heavy atom. The molecule has 94 valence electrons. The largest absolute Gasteiger partial charge is 0.334 e. The molecule has 18 heavy (non-hydrogen) atoms. The molecule has 2 aromatic rings. The van der Waals surface area contributed by atoms with Gasteiger partial charge < -0.3 is 10.3 Å². The summed E-state index contributed by atoms with van der Waals surface area (Å²) >= 11 is 5.92. The van der Waals surface area contributed by atoms with E-state index in [1.54, 1.807) is 12.4 Å². The Labute approximate surface area is 109 Å². The molecule has 5 heteroatoms. The second-order valence-corrected chi connectivity index (χ2v) is 5.05. The Hall–Kier alpha value is -1.39. The zero-order valence-corrected chi connectivity index (χ0v) is 10.5. The molecule has 0 bridgehead atoms. The Kier molecular flexibility index (Phi) is 2.84. The van der Waals surface area contributed by atoms with Gasteiger partial charge in [-0.15, -0.1) is 0 Å². The fraction of sp³-hybridized carbons (Fsp3) is 0.308. The third-order valence-electron chi connectivity index (χ3n) is 3.33. The first-order chi connectivity index (χ1) is 8.65. The van der Waals surface area contributed by atoms with Gasteiger partial charge in [0, 0.05) is 35.3 Å². The van der Waals surface area contributed by atoms with Gasteiger partial charge in [-0.2, -0.15) is 0 Å². The predicted octanol–water partition coefficient (Wildman–Crippen LogP) is 2.62. The SMILES string of the molecule is NC1CCn2cnc(-c3cc(Cl)ccc3F)c2C1. The Morgan fingerprint density at radius 2 is 2.28 bits per heavy atom. The van der Waals surface area contributed by atoms with Crippen molar-refractivity contribution in [2.24, 2.45) is 5.73 Å². The van der Waals surface area contributed by atoms with E-state index in [9.17, 15) is 4.39 Å². The fourth-order valence-electron chi connectivity index (χ4n) is 2.37. The summed E-state index contributed by atoms with van der Waals surface area (Å²) in [5.74, 6) is -0.306. The quantitative estimate of drug-likeness (QED) is 0.861. The maximum absolute atomic E-state index is 13.9. The van der Waals surface area contributed by atoms with Crippen LogP contribution in [0.1, 0.15) is 12.1 Å². The highest BCUT2D eigenvalue weighted by Gasteiger charge is 2.22. The smallest absolute Gasteiger partial charge is 0.132 e. The van der Waals surface area contributed by atoms with Gasteiger partial charge in [0.15, 0.2) is 0 Å². The predicted molar refractivity (Wildman–Crippen MR) is 68.9 cm³/mol. The van der Waals surface area contributed by atoms with E-state index in [0.29, 0.717) is 16.3 Å². The third-order valence-corrected chi connectivity index (χ3v) is 3.56. The molecule has 0 fully saturated rings. The Morgan fingerprint density at radius 1 is 1.44 bits per heavy atom. The number of nitrogens with zero attached hydrogens (tertiary/aromatic N) is 2. The van der Waals surface area contributed by atoms with Gasteiger partial charge in [0.1, 0.15) is 5.82 Å². The summed E-state index contributed by atoms with van der Waals surface area (Å²) in [7, 11) is 0. The second-order valence-electron chi connectivity index (χ2n) is 4.61. The molecule has 1 aliphatic heterocycles. The molecule has 1 unspecified atom stereocenters. The maximum atomic E-state index is 13.9. The van der Waals surface area contributed by atoms with E-state index in [4.69, 9.17) is 17.3 Å². The number of halogens is 2. The summed E-state index contributed by atoms with van der Waals surface area (Å²) in [5.41, 5.74) is 8.06. The Bertz CT molecular complexity index is 594. The molecule has 1 aromatic carbocycles. The van der Waals surface area contributed by atoms with Gasteiger partial charge in [-0.3, -0.25) is 0 Å². The molecule has 0 saturated heterocycles. The van der Waals surface area contributed by atoms with Crippen LogP contribution in [0.15, 0.2) is 24.5 Å². The van der Waals surface area contributed by atoms with Crippen LogP contribution in [0.25, 0.3) is 11.3 Å². The van der Waals surface area contributed by atoms with Gasteiger partial charge in [0.05, 0.1) is 12.0 Å². The van der Waals surface area contributed by atoms with E-state index in [2.05, 4.69) is 4.98 Å². The normalized spacial score (nSPS) is 18.7. The molecule has 0 spiro atoms. The van der Waals surface area contributed by atoms with Gasteiger partial charge >= 0.3 is 0 Å². The van der Waals surface area contributed by atoms with Crippen LogP contribution >= 0.6 is 11.6 Å². The molecule has 3 nitrogen and oxygen atoms in total. The number of aromatic nitrogens is 2. The van der Waals surface area contributed by atoms with Crippen LogP contribution in [-0.2, 0) is 13.0 Å². The molecule has 2 heterocycles. The van der Waals surface area contributed by atoms with Crippen molar-refractivity contribution in [1.82, 2.24) is 9.55 Å². The standard InChI is InChI=1S/C13H13ClFN3/c14-8-1-2-11(15)10(5-8)13-12-6-9(16)3-4-18(12)7-17-13/h1-2,5,7,9H,3-4,6,16H2. The first-order valence-electron chi connectivity index (χ1n) is 5.90. The van der Waals surface area contributed by atoms with E-state index in [0.717, 1.165) is 25.1 Å². The first-order valence-corrected chi connectivity index (χ1v) is 6.28. The number of hydrogen-bond donors (Lipinski definition) is 1. The van der Waals surface area contributed by atoms with E-state index in [-0.39, 0.29) is 11.9 Å². The minimum absolute atomic E-state index is 0.121. The molecule has 1 aromatic heterocycles. The molecule has 1 aliphatic rings. The number of nitrogens with two attached hydrogens (primary N) is 1. The summed E-state index contributed by atoms with van der Waals surface area (Å²) < 4.78 is 15.9. The minimum atomic E-state index is -0.306. The molecule has 0 saturated carbocycles. The highest BCUT2D eigenvalue weighted by Crippen LogP contribution is 2.30. The van der Waals surface area contributed by atoms with Crippen LogP contribution in [0.3, 0.4) is 0 Å². The van der Waals surface area contributed by atoms with Gasteiger partial charge in [0.25, 0.3) is 0 Å². The molecule has 2 N–H and O–H groups in total. The van der Waals surface area contributed by atoms with Gasteiger partial charge in [-0.1, -0.05) is 11.6 Å². The van der Waals surface area contributed by atoms with Crippen molar-refractivity contribution in [3.8, 4) is 11.3 Å². The molecule has 0 radical (unpaired) electrons. The van der Waals surface area contributed by atoms with Crippen LogP contribution in [0.2, 0.25) is 5.02 Å². The van der Waals surface area contributed by atoms with Crippen molar-refractivity contribution >= 4 is 11.6 Å². The lowest BCUT2D eigenvalue weighted by Gasteiger charge is -2.21. The molecule has 0 aliphatic carbocycles. The molecule has 0 amide bonds. The van der Waals surface area contributed by atoms with E-state index >= 15 is 0 Å². The zero-order valence-electron chi connectivity index (χ0n) is 9.74. The van der Waals surface area contributed by atoms with Crippen molar-refractivity contribution in [2.45, 2.75) is 25.4 Å². The third kappa shape index (κ3) is 1.91. The number of benzene rings is 1. The van der Waals surface area contributed by atoms with Crippen molar-refractivity contribution < 1.29 is 4.39 Å². The van der Waals surface area contributed by atoms with E-state index in [1.807, 2.05) is 4.57 Å². The number of fused-ring (bicyclic) bond motifs is 1.